The van der Waals surface area contributed by atoms with Crippen molar-refractivity contribution in [2.45, 2.75) is 45.6 Å². The van der Waals surface area contributed by atoms with Crippen LogP contribution in [0.2, 0.25) is 0 Å². The predicted octanol–water partition coefficient (Wildman–Crippen LogP) is 3.66. The average Bonchev–Trinajstić information content (AvgIpc) is 2.82. The number of hydrogen-bond acceptors (Lipinski definition) is 2. The molecule has 108 valence electrons. The molecule has 1 aliphatic heterocycles. The maximum atomic E-state index is 5.99. The summed E-state index contributed by atoms with van der Waals surface area (Å²) in [4.78, 5) is 0. The maximum absolute atomic E-state index is 5.99. The van der Waals surface area contributed by atoms with E-state index in [1.165, 1.54) is 12.0 Å². The van der Waals surface area contributed by atoms with Crippen molar-refractivity contribution in [2.75, 3.05) is 20.2 Å². The molecular formula is C17H29NO. The Morgan fingerprint density at radius 1 is 1.26 bits per heavy atom. The third-order valence-electron chi connectivity index (χ3n) is 3.66. The number of nitrogens with one attached hydrogen (secondary N) is 1. The summed E-state index contributed by atoms with van der Waals surface area (Å²) < 4.78 is 5.99. The van der Waals surface area contributed by atoms with Crippen molar-refractivity contribution >= 4 is 0 Å². The highest BCUT2D eigenvalue weighted by atomic mass is 16.5. The second kappa shape index (κ2) is 8.34. The van der Waals surface area contributed by atoms with Crippen molar-refractivity contribution in [3.8, 4) is 0 Å². The summed E-state index contributed by atoms with van der Waals surface area (Å²) in [5.74, 6) is 0.680. The van der Waals surface area contributed by atoms with Gasteiger partial charge in [0.1, 0.15) is 0 Å². The zero-order chi connectivity index (χ0) is 14.1. The van der Waals surface area contributed by atoms with Crippen molar-refractivity contribution < 1.29 is 4.74 Å². The summed E-state index contributed by atoms with van der Waals surface area (Å²) in [6.45, 7) is 8.19. The molecule has 1 fully saturated rings. The maximum Gasteiger partial charge on any atom is 0.0670 e. The molecule has 0 aromatic heterocycles. The van der Waals surface area contributed by atoms with Gasteiger partial charge in [0.15, 0.2) is 0 Å². The molecule has 1 saturated heterocycles. The minimum Gasteiger partial charge on any atom is -0.375 e. The Kier molecular flexibility index (Phi) is 7.11. The summed E-state index contributed by atoms with van der Waals surface area (Å²) in [5, 5.41) is 3.20. The fourth-order valence-electron chi connectivity index (χ4n) is 2.69. The van der Waals surface area contributed by atoms with E-state index in [9.17, 15) is 0 Å². The van der Waals surface area contributed by atoms with Crippen LogP contribution in [-0.4, -0.2) is 25.8 Å². The zero-order valence-corrected chi connectivity index (χ0v) is 12.9. The molecule has 2 atom stereocenters. The molecule has 0 bridgehead atoms. The highest BCUT2D eigenvalue weighted by Gasteiger charge is 2.35. The first-order valence-electron chi connectivity index (χ1n) is 7.54. The SMILES string of the molecule is CC.CNCCC1(C)CC(Cc2ccccc2)CO1. The molecule has 1 aliphatic rings. The summed E-state index contributed by atoms with van der Waals surface area (Å²) >= 11 is 0. The van der Waals surface area contributed by atoms with Gasteiger partial charge in [-0.15, -0.1) is 0 Å². The van der Waals surface area contributed by atoms with Crippen molar-refractivity contribution in [3.63, 3.8) is 0 Å². The van der Waals surface area contributed by atoms with Crippen LogP contribution >= 0.6 is 0 Å². The lowest BCUT2D eigenvalue weighted by Crippen LogP contribution is -2.28. The predicted molar refractivity (Wildman–Crippen MR) is 82.5 cm³/mol. The van der Waals surface area contributed by atoms with Crippen LogP contribution in [0.1, 0.15) is 39.2 Å². The van der Waals surface area contributed by atoms with E-state index in [2.05, 4.69) is 42.6 Å². The lowest BCUT2D eigenvalue weighted by Gasteiger charge is -2.23. The first-order valence-corrected chi connectivity index (χ1v) is 7.54. The zero-order valence-electron chi connectivity index (χ0n) is 12.9. The summed E-state index contributed by atoms with van der Waals surface area (Å²) in [7, 11) is 2.00. The van der Waals surface area contributed by atoms with Crippen LogP contribution in [0.3, 0.4) is 0 Å². The van der Waals surface area contributed by atoms with E-state index in [-0.39, 0.29) is 5.60 Å². The van der Waals surface area contributed by atoms with E-state index < -0.39 is 0 Å². The van der Waals surface area contributed by atoms with Crippen molar-refractivity contribution in [2.24, 2.45) is 5.92 Å². The molecular weight excluding hydrogens is 234 g/mol. The van der Waals surface area contributed by atoms with Gasteiger partial charge >= 0.3 is 0 Å². The van der Waals surface area contributed by atoms with Crippen LogP contribution in [0.4, 0.5) is 0 Å². The second-order valence-electron chi connectivity index (χ2n) is 5.37. The van der Waals surface area contributed by atoms with Gasteiger partial charge < -0.3 is 10.1 Å². The van der Waals surface area contributed by atoms with E-state index in [0.717, 1.165) is 26.0 Å². The molecule has 2 heteroatoms. The van der Waals surface area contributed by atoms with Gasteiger partial charge in [0.25, 0.3) is 0 Å². The molecule has 1 aromatic rings. The molecule has 0 amide bonds. The van der Waals surface area contributed by atoms with Gasteiger partial charge in [-0.3, -0.25) is 0 Å². The van der Waals surface area contributed by atoms with Gasteiger partial charge in [-0.1, -0.05) is 44.2 Å². The van der Waals surface area contributed by atoms with E-state index in [4.69, 9.17) is 4.74 Å². The first-order chi connectivity index (χ1) is 9.22. The topological polar surface area (TPSA) is 21.3 Å². The highest BCUT2D eigenvalue weighted by molar-refractivity contribution is 5.15. The van der Waals surface area contributed by atoms with Crippen molar-refractivity contribution in [3.05, 3.63) is 35.9 Å². The Labute approximate surface area is 118 Å². The Morgan fingerprint density at radius 3 is 2.58 bits per heavy atom. The highest BCUT2D eigenvalue weighted by Crippen LogP contribution is 2.34. The van der Waals surface area contributed by atoms with Gasteiger partial charge in [0.05, 0.1) is 12.2 Å². The Hall–Kier alpha value is -0.860. The molecule has 2 unspecified atom stereocenters. The van der Waals surface area contributed by atoms with Gasteiger partial charge in [-0.2, -0.15) is 0 Å². The molecule has 0 saturated carbocycles. The molecule has 1 heterocycles. The lowest BCUT2D eigenvalue weighted by atomic mass is 9.89. The summed E-state index contributed by atoms with van der Waals surface area (Å²) in [6.07, 6.45) is 3.44. The molecule has 0 radical (unpaired) electrons. The van der Waals surface area contributed by atoms with Gasteiger partial charge in [-0.05, 0) is 51.3 Å². The van der Waals surface area contributed by atoms with Crippen molar-refractivity contribution in [1.29, 1.82) is 0 Å². The van der Waals surface area contributed by atoms with Crippen molar-refractivity contribution in [1.82, 2.24) is 5.32 Å². The monoisotopic (exact) mass is 263 g/mol. The molecule has 2 nitrogen and oxygen atoms in total. The van der Waals surface area contributed by atoms with Gasteiger partial charge in [0.2, 0.25) is 0 Å². The van der Waals surface area contributed by atoms with E-state index in [0.29, 0.717) is 5.92 Å². The average molecular weight is 263 g/mol. The number of ether oxygens (including phenoxy) is 1. The molecule has 19 heavy (non-hydrogen) atoms. The van der Waals surface area contributed by atoms with Gasteiger partial charge in [-0.25, -0.2) is 0 Å². The second-order valence-corrected chi connectivity index (χ2v) is 5.37. The number of hydrogen-bond donors (Lipinski definition) is 1. The minimum absolute atomic E-state index is 0.0858. The first kappa shape index (κ1) is 16.2. The normalized spacial score (nSPS) is 25.8. The molecule has 2 rings (SSSR count). The fourth-order valence-corrected chi connectivity index (χ4v) is 2.69. The molecule has 0 spiro atoms. The van der Waals surface area contributed by atoms with Crippen LogP contribution in [0, 0.1) is 5.92 Å². The third kappa shape index (κ3) is 5.33. The summed E-state index contributed by atoms with van der Waals surface area (Å²) in [5.41, 5.74) is 1.52. The molecule has 1 N–H and O–H groups in total. The molecule has 1 aromatic carbocycles. The van der Waals surface area contributed by atoms with E-state index in [1.807, 2.05) is 20.9 Å². The van der Waals surface area contributed by atoms with Crippen LogP contribution in [0.5, 0.6) is 0 Å². The Bertz CT molecular complexity index is 338. The van der Waals surface area contributed by atoms with E-state index in [1.54, 1.807) is 0 Å². The fraction of sp³-hybridized carbons (Fsp3) is 0.647. The quantitative estimate of drug-likeness (QED) is 0.875. The van der Waals surface area contributed by atoms with Crippen LogP contribution in [0.15, 0.2) is 30.3 Å². The van der Waals surface area contributed by atoms with Gasteiger partial charge in [0, 0.05) is 0 Å². The molecule has 0 aliphatic carbocycles. The van der Waals surface area contributed by atoms with Crippen LogP contribution < -0.4 is 5.32 Å². The number of rotatable bonds is 5. The minimum atomic E-state index is 0.0858. The summed E-state index contributed by atoms with van der Waals surface area (Å²) in [6, 6.07) is 10.7. The Balaban J connectivity index is 0.000000861. The van der Waals surface area contributed by atoms with Crippen LogP contribution in [0.25, 0.3) is 0 Å². The van der Waals surface area contributed by atoms with E-state index >= 15 is 0 Å². The lowest BCUT2D eigenvalue weighted by molar-refractivity contribution is 0.0129. The van der Waals surface area contributed by atoms with Crippen LogP contribution in [-0.2, 0) is 11.2 Å². The largest absolute Gasteiger partial charge is 0.375 e. The smallest absolute Gasteiger partial charge is 0.0670 e. The third-order valence-corrected chi connectivity index (χ3v) is 3.66. The number of benzene rings is 1. The Morgan fingerprint density at radius 2 is 1.95 bits per heavy atom. The standard InChI is InChI=1S/C15H23NO.C2H6/c1-15(8-9-16-2)11-14(12-17-15)10-13-6-4-3-5-7-13;1-2/h3-7,14,16H,8-12H2,1-2H3;1-2H3.